The largest absolute Gasteiger partial charge is 0.393 e. The summed E-state index contributed by atoms with van der Waals surface area (Å²) in [6.45, 7) is 0.625. The molecule has 4 nitrogen and oxygen atoms in total. The van der Waals surface area contributed by atoms with Crippen molar-refractivity contribution in [2.24, 2.45) is 5.73 Å². The molecule has 0 aromatic carbocycles. The third-order valence-electron chi connectivity index (χ3n) is 2.60. The average molecular weight is 299 g/mol. The summed E-state index contributed by atoms with van der Waals surface area (Å²) >= 11 is 4.70. The maximum absolute atomic E-state index is 12.0. The first-order valence-electron chi connectivity index (χ1n) is 5.89. The standard InChI is InChI=1S/C11H20F3N3OS/c1-16(8-5-11(12,13)14)6-4-10(18)17(2)7-3-9(15)19/h3-8H2,1-2H3,(H2,15,19). The fourth-order valence-corrected chi connectivity index (χ4v) is 1.40. The number of halogens is 3. The second kappa shape index (κ2) is 8.31. The predicted molar refractivity (Wildman–Crippen MR) is 71.8 cm³/mol. The molecule has 0 aliphatic rings. The smallest absolute Gasteiger partial charge is 0.390 e. The number of nitrogens with two attached hydrogens (primary N) is 1. The molecule has 0 saturated carbocycles. The lowest BCUT2D eigenvalue weighted by Gasteiger charge is -2.20. The fourth-order valence-electron chi connectivity index (χ4n) is 1.31. The summed E-state index contributed by atoms with van der Waals surface area (Å²) < 4.78 is 36.0. The monoisotopic (exact) mass is 299 g/mol. The predicted octanol–water partition coefficient (Wildman–Crippen LogP) is 1.40. The third kappa shape index (κ3) is 10.7. The Balaban J connectivity index is 3.85. The van der Waals surface area contributed by atoms with Gasteiger partial charge >= 0.3 is 6.18 Å². The first-order valence-corrected chi connectivity index (χ1v) is 6.30. The molecule has 0 atom stereocenters. The average Bonchev–Trinajstić information content (AvgIpc) is 2.29. The van der Waals surface area contributed by atoms with Crippen molar-refractivity contribution in [3.63, 3.8) is 0 Å². The second-order valence-electron chi connectivity index (χ2n) is 4.45. The molecule has 0 aromatic rings. The van der Waals surface area contributed by atoms with Gasteiger partial charge in [-0.2, -0.15) is 13.2 Å². The van der Waals surface area contributed by atoms with E-state index in [1.807, 2.05) is 0 Å². The van der Waals surface area contributed by atoms with E-state index in [0.29, 0.717) is 24.5 Å². The van der Waals surface area contributed by atoms with Crippen molar-refractivity contribution in [1.29, 1.82) is 0 Å². The number of amides is 1. The van der Waals surface area contributed by atoms with Gasteiger partial charge in [-0.25, -0.2) is 0 Å². The summed E-state index contributed by atoms with van der Waals surface area (Å²) in [6, 6.07) is 0. The molecular formula is C11H20F3N3OS. The first kappa shape index (κ1) is 18.1. The summed E-state index contributed by atoms with van der Waals surface area (Å²) in [6.07, 6.45) is -4.40. The van der Waals surface area contributed by atoms with E-state index in [2.05, 4.69) is 0 Å². The van der Waals surface area contributed by atoms with Crippen molar-refractivity contribution < 1.29 is 18.0 Å². The fraction of sp³-hybridized carbons (Fsp3) is 0.818. The SMILES string of the molecule is CN(CCC(=O)N(C)CCC(N)=S)CCC(F)(F)F. The number of hydrogen-bond donors (Lipinski definition) is 1. The molecule has 2 N–H and O–H groups in total. The van der Waals surface area contributed by atoms with Crippen LogP contribution in [0.25, 0.3) is 0 Å². The number of nitrogens with zero attached hydrogens (tertiary/aromatic N) is 2. The van der Waals surface area contributed by atoms with E-state index < -0.39 is 12.6 Å². The minimum atomic E-state index is -4.16. The lowest BCUT2D eigenvalue weighted by molar-refractivity contribution is -0.137. The Hall–Kier alpha value is -0.890. The van der Waals surface area contributed by atoms with Crippen molar-refractivity contribution in [2.45, 2.75) is 25.4 Å². The maximum atomic E-state index is 12.0. The van der Waals surface area contributed by atoms with Gasteiger partial charge in [-0.3, -0.25) is 4.79 Å². The van der Waals surface area contributed by atoms with Gasteiger partial charge in [-0.05, 0) is 7.05 Å². The van der Waals surface area contributed by atoms with Crippen LogP contribution in [0.3, 0.4) is 0 Å². The summed E-state index contributed by atoms with van der Waals surface area (Å²) in [7, 11) is 3.18. The van der Waals surface area contributed by atoms with Crippen LogP contribution >= 0.6 is 12.2 Å². The number of hydrogen-bond acceptors (Lipinski definition) is 3. The number of thiocarbonyl (C=S) groups is 1. The molecule has 0 heterocycles. The Kier molecular flexibility index (Phi) is 7.93. The number of rotatable bonds is 8. The van der Waals surface area contributed by atoms with Gasteiger partial charge in [-0.1, -0.05) is 12.2 Å². The minimum absolute atomic E-state index is 0.104. The number of carbonyl (C=O) groups is 1. The van der Waals surface area contributed by atoms with Crippen LogP contribution in [-0.2, 0) is 4.79 Å². The van der Waals surface area contributed by atoms with Crippen LogP contribution in [0, 0.1) is 0 Å². The van der Waals surface area contributed by atoms with Gasteiger partial charge in [0.1, 0.15) is 0 Å². The van der Waals surface area contributed by atoms with Gasteiger partial charge in [0.25, 0.3) is 0 Å². The molecular weight excluding hydrogens is 279 g/mol. The van der Waals surface area contributed by atoms with E-state index in [-0.39, 0.29) is 18.9 Å². The number of alkyl halides is 3. The third-order valence-corrected chi connectivity index (χ3v) is 2.81. The molecule has 0 radical (unpaired) electrons. The molecule has 19 heavy (non-hydrogen) atoms. The molecule has 0 fully saturated rings. The van der Waals surface area contributed by atoms with Gasteiger partial charge in [-0.15, -0.1) is 0 Å². The van der Waals surface area contributed by atoms with Crippen LogP contribution in [-0.4, -0.2) is 60.6 Å². The summed E-state index contributed by atoms with van der Waals surface area (Å²) in [5.74, 6) is -0.130. The summed E-state index contributed by atoms with van der Waals surface area (Å²) in [5, 5.41) is 0. The van der Waals surface area contributed by atoms with Crippen LogP contribution in [0.15, 0.2) is 0 Å². The molecule has 112 valence electrons. The van der Waals surface area contributed by atoms with E-state index in [1.54, 1.807) is 14.1 Å². The highest BCUT2D eigenvalue weighted by atomic mass is 32.1. The van der Waals surface area contributed by atoms with E-state index >= 15 is 0 Å². The minimum Gasteiger partial charge on any atom is -0.393 e. The van der Waals surface area contributed by atoms with Crippen molar-refractivity contribution >= 4 is 23.1 Å². The molecule has 1 amide bonds. The van der Waals surface area contributed by atoms with Crippen LogP contribution in [0.2, 0.25) is 0 Å². The Morgan fingerprint density at radius 1 is 1.16 bits per heavy atom. The topological polar surface area (TPSA) is 49.6 Å². The Morgan fingerprint density at radius 3 is 2.21 bits per heavy atom. The van der Waals surface area contributed by atoms with Gasteiger partial charge in [0, 0.05) is 39.5 Å². The summed E-state index contributed by atoms with van der Waals surface area (Å²) in [5.41, 5.74) is 5.32. The van der Waals surface area contributed by atoms with Crippen LogP contribution in [0.4, 0.5) is 13.2 Å². The second-order valence-corrected chi connectivity index (χ2v) is 4.97. The van der Waals surface area contributed by atoms with Crippen molar-refractivity contribution in [1.82, 2.24) is 9.80 Å². The van der Waals surface area contributed by atoms with E-state index in [9.17, 15) is 18.0 Å². The van der Waals surface area contributed by atoms with E-state index in [1.165, 1.54) is 9.80 Å². The molecule has 0 bridgehead atoms. The molecule has 0 aromatic heterocycles. The first-order chi connectivity index (χ1) is 8.61. The highest BCUT2D eigenvalue weighted by Gasteiger charge is 2.27. The molecule has 0 rings (SSSR count). The van der Waals surface area contributed by atoms with Gasteiger partial charge < -0.3 is 15.5 Å². The van der Waals surface area contributed by atoms with Crippen molar-refractivity contribution in [3.05, 3.63) is 0 Å². The lowest BCUT2D eigenvalue weighted by atomic mass is 10.3. The van der Waals surface area contributed by atoms with Crippen LogP contribution in [0.5, 0.6) is 0 Å². The zero-order valence-electron chi connectivity index (χ0n) is 11.2. The molecule has 0 spiro atoms. The lowest BCUT2D eigenvalue weighted by Crippen LogP contribution is -2.33. The Bertz CT molecular complexity index is 310. The van der Waals surface area contributed by atoms with Crippen LogP contribution in [0.1, 0.15) is 19.3 Å². The van der Waals surface area contributed by atoms with Gasteiger partial charge in [0.05, 0.1) is 11.4 Å². The zero-order valence-corrected chi connectivity index (χ0v) is 12.0. The van der Waals surface area contributed by atoms with E-state index in [4.69, 9.17) is 18.0 Å². The quantitative estimate of drug-likeness (QED) is 0.688. The van der Waals surface area contributed by atoms with Gasteiger partial charge in [0.15, 0.2) is 0 Å². The van der Waals surface area contributed by atoms with E-state index in [0.717, 1.165) is 0 Å². The normalized spacial score (nSPS) is 11.7. The number of carbonyl (C=O) groups excluding carboxylic acids is 1. The molecule has 8 heteroatoms. The maximum Gasteiger partial charge on any atom is 0.390 e. The molecule has 0 aliphatic heterocycles. The zero-order chi connectivity index (χ0) is 15.1. The molecule has 0 saturated heterocycles. The van der Waals surface area contributed by atoms with Crippen molar-refractivity contribution in [3.8, 4) is 0 Å². The highest BCUT2D eigenvalue weighted by Crippen LogP contribution is 2.19. The summed E-state index contributed by atoms with van der Waals surface area (Å²) in [4.78, 5) is 15.0. The highest BCUT2D eigenvalue weighted by molar-refractivity contribution is 7.80. The van der Waals surface area contributed by atoms with Gasteiger partial charge in [0.2, 0.25) is 5.91 Å². The molecule has 0 aliphatic carbocycles. The van der Waals surface area contributed by atoms with Crippen LogP contribution < -0.4 is 5.73 Å². The molecule has 0 unspecified atom stereocenters. The Labute approximate surface area is 116 Å². The Morgan fingerprint density at radius 2 is 1.74 bits per heavy atom. The van der Waals surface area contributed by atoms with Crippen molar-refractivity contribution in [2.75, 3.05) is 33.7 Å².